The molecule has 96 valence electrons. The van der Waals surface area contributed by atoms with E-state index in [0.717, 1.165) is 12.8 Å². The summed E-state index contributed by atoms with van der Waals surface area (Å²) in [6, 6.07) is 0.338. The zero-order chi connectivity index (χ0) is 12.6. The number of imidazole rings is 1. The Morgan fingerprint density at radius 3 is 2.53 bits per heavy atom. The Balaban J connectivity index is 2.07. The highest BCUT2D eigenvalue weighted by Gasteiger charge is 2.25. The topological polar surface area (TPSA) is 61.1 Å². The molecule has 0 amide bonds. The Morgan fingerprint density at radius 2 is 2.00 bits per heavy atom. The lowest BCUT2D eigenvalue weighted by molar-refractivity contribution is 0.576. The maximum atomic E-state index is 11.9. The van der Waals surface area contributed by atoms with E-state index in [1.807, 2.05) is 0 Å². The van der Waals surface area contributed by atoms with Crippen LogP contribution in [0.5, 0.6) is 0 Å². The van der Waals surface area contributed by atoms with E-state index in [0.29, 0.717) is 6.04 Å². The summed E-state index contributed by atoms with van der Waals surface area (Å²) in [6.45, 7) is 3.57. The Kier molecular flexibility index (Phi) is 3.16. The van der Waals surface area contributed by atoms with Gasteiger partial charge in [0.2, 0.25) is 0 Å². The second-order valence-corrected chi connectivity index (χ2v) is 7.51. The minimum atomic E-state index is -3.08. The summed E-state index contributed by atoms with van der Waals surface area (Å²) in [6.07, 6.45) is 5.53. The Hall–Kier alpha value is -1.04. The van der Waals surface area contributed by atoms with E-state index in [1.54, 1.807) is 30.8 Å². The highest BCUT2D eigenvalue weighted by atomic mass is 32.2. The summed E-state index contributed by atoms with van der Waals surface area (Å²) in [5.41, 5.74) is -0.0912. The zero-order valence-corrected chi connectivity index (χ0v) is 11.0. The second kappa shape index (κ2) is 4.33. The predicted octanol–water partition coefficient (Wildman–Crippen LogP) is 0.808. The molecule has 1 aromatic heterocycles. The van der Waals surface area contributed by atoms with Crippen LogP contribution in [0, 0.1) is 0 Å². The summed E-state index contributed by atoms with van der Waals surface area (Å²) in [5, 5.41) is -0.385. The van der Waals surface area contributed by atoms with E-state index in [-0.39, 0.29) is 23.2 Å². The third kappa shape index (κ3) is 2.62. The molecule has 0 N–H and O–H groups in total. The molecule has 0 unspecified atom stereocenters. The fourth-order valence-corrected chi connectivity index (χ4v) is 2.61. The average molecular weight is 258 g/mol. The van der Waals surface area contributed by atoms with Crippen LogP contribution in [-0.4, -0.2) is 28.6 Å². The third-order valence-corrected chi connectivity index (χ3v) is 5.34. The van der Waals surface area contributed by atoms with Gasteiger partial charge in [-0.15, -0.1) is 0 Å². The van der Waals surface area contributed by atoms with Gasteiger partial charge in [0.05, 0.1) is 11.0 Å². The standard InChI is InChI=1S/C11H18N2O3S/c1-9(2)17(15,16)8-7-12-5-6-13(11(12)14)10-3-4-10/h5-6,9-10H,3-4,7-8H2,1-2H3. The lowest BCUT2D eigenvalue weighted by Crippen LogP contribution is -2.28. The highest BCUT2D eigenvalue weighted by Crippen LogP contribution is 2.33. The summed E-state index contributed by atoms with van der Waals surface area (Å²) in [4.78, 5) is 11.9. The number of hydrogen-bond acceptors (Lipinski definition) is 3. The van der Waals surface area contributed by atoms with Gasteiger partial charge in [-0.25, -0.2) is 13.2 Å². The smallest absolute Gasteiger partial charge is 0.298 e. The molecule has 1 saturated carbocycles. The van der Waals surface area contributed by atoms with E-state index >= 15 is 0 Å². The fraction of sp³-hybridized carbons (Fsp3) is 0.727. The summed E-state index contributed by atoms with van der Waals surface area (Å²) in [7, 11) is -3.08. The van der Waals surface area contributed by atoms with Gasteiger partial charge in [-0.1, -0.05) is 0 Å². The lowest BCUT2D eigenvalue weighted by atomic mass is 10.6. The van der Waals surface area contributed by atoms with E-state index in [1.165, 1.54) is 4.57 Å². The first-order valence-electron chi connectivity index (χ1n) is 5.90. The van der Waals surface area contributed by atoms with E-state index in [4.69, 9.17) is 0 Å². The SMILES string of the molecule is CC(C)S(=O)(=O)CCn1ccn(C2CC2)c1=O. The van der Waals surface area contributed by atoms with E-state index in [9.17, 15) is 13.2 Å². The molecule has 6 heteroatoms. The van der Waals surface area contributed by atoms with Gasteiger partial charge in [-0.2, -0.15) is 0 Å². The van der Waals surface area contributed by atoms with Gasteiger partial charge in [0, 0.05) is 25.0 Å². The van der Waals surface area contributed by atoms with Crippen LogP contribution in [0.2, 0.25) is 0 Å². The molecule has 0 aliphatic heterocycles. The minimum absolute atomic E-state index is 0.0270. The second-order valence-electron chi connectivity index (χ2n) is 4.83. The molecule has 1 aromatic rings. The van der Waals surface area contributed by atoms with Crippen LogP contribution < -0.4 is 5.69 Å². The molecule has 5 nitrogen and oxygen atoms in total. The van der Waals surface area contributed by atoms with Crippen molar-refractivity contribution in [1.29, 1.82) is 0 Å². The molecule has 0 atom stereocenters. The summed E-state index contributed by atoms with van der Waals surface area (Å²) < 4.78 is 26.5. The quantitative estimate of drug-likeness (QED) is 0.785. The van der Waals surface area contributed by atoms with Crippen LogP contribution >= 0.6 is 0 Å². The molecule has 0 bridgehead atoms. The molecule has 1 aliphatic rings. The number of aryl methyl sites for hydroxylation is 1. The van der Waals surface area contributed by atoms with Crippen molar-refractivity contribution >= 4 is 9.84 Å². The monoisotopic (exact) mass is 258 g/mol. The number of aromatic nitrogens is 2. The maximum absolute atomic E-state index is 11.9. The molecule has 1 fully saturated rings. The van der Waals surface area contributed by atoms with Gasteiger partial charge in [-0.3, -0.25) is 9.13 Å². The predicted molar refractivity (Wildman–Crippen MR) is 65.9 cm³/mol. The number of hydrogen-bond donors (Lipinski definition) is 0. The van der Waals surface area contributed by atoms with Crippen LogP contribution in [0.3, 0.4) is 0 Å². The Morgan fingerprint density at radius 1 is 1.35 bits per heavy atom. The first-order chi connectivity index (χ1) is 7.92. The number of sulfone groups is 1. The molecule has 0 spiro atoms. The van der Waals surface area contributed by atoms with Gasteiger partial charge in [0.1, 0.15) is 0 Å². The van der Waals surface area contributed by atoms with Crippen molar-refractivity contribution < 1.29 is 8.42 Å². The third-order valence-electron chi connectivity index (χ3n) is 3.15. The molecule has 1 heterocycles. The number of rotatable bonds is 5. The minimum Gasteiger partial charge on any atom is -0.298 e. The van der Waals surface area contributed by atoms with Crippen molar-refractivity contribution in [2.24, 2.45) is 0 Å². The van der Waals surface area contributed by atoms with Crippen molar-refractivity contribution in [3.8, 4) is 0 Å². The van der Waals surface area contributed by atoms with Crippen molar-refractivity contribution in [3.63, 3.8) is 0 Å². The molecule has 17 heavy (non-hydrogen) atoms. The van der Waals surface area contributed by atoms with Crippen molar-refractivity contribution in [1.82, 2.24) is 9.13 Å². The molecule has 2 rings (SSSR count). The van der Waals surface area contributed by atoms with Crippen LogP contribution in [0.25, 0.3) is 0 Å². The Labute approximate surface area is 101 Å². The van der Waals surface area contributed by atoms with Gasteiger partial charge < -0.3 is 0 Å². The van der Waals surface area contributed by atoms with E-state index in [2.05, 4.69) is 0 Å². The van der Waals surface area contributed by atoms with Gasteiger partial charge >= 0.3 is 5.69 Å². The molecule has 1 aliphatic carbocycles. The lowest BCUT2D eigenvalue weighted by Gasteiger charge is -2.07. The van der Waals surface area contributed by atoms with Crippen molar-refractivity contribution in [3.05, 3.63) is 22.9 Å². The molecular weight excluding hydrogens is 240 g/mol. The molecular formula is C11H18N2O3S. The van der Waals surface area contributed by atoms with Gasteiger partial charge in [0.15, 0.2) is 9.84 Å². The molecule has 0 radical (unpaired) electrons. The van der Waals surface area contributed by atoms with Crippen LogP contribution in [0.4, 0.5) is 0 Å². The van der Waals surface area contributed by atoms with Crippen LogP contribution in [0.1, 0.15) is 32.7 Å². The normalized spacial score (nSPS) is 16.6. The van der Waals surface area contributed by atoms with E-state index < -0.39 is 9.84 Å². The molecule has 0 saturated heterocycles. The number of nitrogens with zero attached hydrogens (tertiary/aromatic N) is 2. The zero-order valence-electron chi connectivity index (χ0n) is 10.2. The first kappa shape index (κ1) is 12.4. The fourth-order valence-electron chi connectivity index (χ4n) is 1.69. The molecule has 0 aromatic carbocycles. The van der Waals surface area contributed by atoms with Crippen molar-refractivity contribution in [2.75, 3.05) is 5.75 Å². The maximum Gasteiger partial charge on any atom is 0.328 e. The van der Waals surface area contributed by atoms with Gasteiger partial charge in [0.25, 0.3) is 0 Å². The largest absolute Gasteiger partial charge is 0.328 e. The highest BCUT2D eigenvalue weighted by molar-refractivity contribution is 7.91. The first-order valence-corrected chi connectivity index (χ1v) is 7.62. The Bertz CT molecular complexity index is 550. The summed E-state index contributed by atoms with van der Waals surface area (Å²) >= 11 is 0. The average Bonchev–Trinajstić information content (AvgIpc) is 3.01. The van der Waals surface area contributed by atoms with Crippen LogP contribution in [0.15, 0.2) is 17.2 Å². The summed E-state index contributed by atoms with van der Waals surface area (Å²) in [5.74, 6) is 0.0270. The van der Waals surface area contributed by atoms with Crippen molar-refractivity contribution in [2.45, 2.75) is 44.5 Å². The van der Waals surface area contributed by atoms with Crippen LogP contribution in [-0.2, 0) is 16.4 Å². The van der Waals surface area contributed by atoms with Gasteiger partial charge in [-0.05, 0) is 26.7 Å².